The fourth-order valence-corrected chi connectivity index (χ4v) is 3.20. The van der Waals surface area contributed by atoms with Gasteiger partial charge in [0.05, 0.1) is 31.5 Å². The summed E-state index contributed by atoms with van der Waals surface area (Å²) in [4.78, 5) is 23.6. The van der Waals surface area contributed by atoms with Crippen molar-refractivity contribution < 1.29 is 23.8 Å². The van der Waals surface area contributed by atoms with Crippen LogP contribution in [0.25, 0.3) is 0 Å². The van der Waals surface area contributed by atoms with Crippen molar-refractivity contribution in [2.75, 3.05) is 20.3 Å². The number of carbonyl (C=O) groups is 2. The molecule has 0 amide bonds. The largest absolute Gasteiger partial charge is 0.497 e. The van der Waals surface area contributed by atoms with Crippen molar-refractivity contribution in [2.45, 2.75) is 51.9 Å². The zero-order valence-corrected chi connectivity index (χ0v) is 19.2. The van der Waals surface area contributed by atoms with Gasteiger partial charge in [-0.3, -0.25) is 0 Å². The van der Waals surface area contributed by atoms with E-state index in [4.69, 9.17) is 14.2 Å². The fraction of sp³-hybridized carbons (Fsp3) is 0.407. The second-order valence-corrected chi connectivity index (χ2v) is 7.51. The molecule has 0 heterocycles. The van der Waals surface area contributed by atoms with Gasteiger partial charge in [0.15, 0.2) is 0 Å². The predicted molar refractivity (Wildman–Crippen MR) is 126 cm³/mol. The summed E-state index contributed by atoms with van der Waals surface area (Å²) in [5, 5.41) is 0. The molecule has 0 aromatic heterocycles. The number of benzene rings is 2. The zero-order valence-electron chi connectivity index (χ0n) is 19.2. The van der Waals surface area contributed by atoms with Gasteiger partial charge in [-0.1, -0.05) is 43.5 Å². The summed E-state index contributed by atoms with van der Waals surface area (Å²) in [7, 11) is 1.60. The van der Waals surface area contributed by atoms with E-state index in [2.05, 4.69) is 12.2 Å². The summed E-state index contributed by atoms with van der Waals surface area (Å²) >= 11 is 0. The Hall–Kier alpha value is -3.08. The van der Waals surface area contributed by atoms with Gasteiger partial charge in [-0.15, -0.1) is 0 Å². The van der Waals surface area contributed by atoms with Gasteiger partial charge in [-0.2, -0.15) is 0 Å². The van der Waals surface area contributed by atoms with Crippen LogP contribution in [0.2, 0.25) is 0 Å². The Morgan fingerprint density at radius 2 is 1.34 bits per heavy atom. The lowest BCUT2D eigenvalue weighted by molar-refractivity contribution is 0.0495. The fourth-order valence-electron chi connectivity index (χ4n) is 3.20. The van der Waals surface area contributed by atoms with Crippen LogP contribution in [0.3, 0.4) is 0 Å². The monoisotopic (exact) mass is 438 g/mol. The molecule has 32 heavy (non-hydrogen) atoms. The van der Waals surface area contributed by atoms with Gasteiger partial charge in [0, 0.05) is 0 Å². The third kappa shape index (κ3) is 9.38. The van der Waals surface area contributed by atoms with E-state index in [0.717, 1.165) is 44.3 Å². The summed E-state index contributed by atoms with van der Waals surface area (Å²) in [6, 6.07) is 14.5. The molecule has 2 aromatic carbocycles. The van der Waals surface area contributed by atoms with E-state index in [9.17, 15) is 9.59 Å². The molecular formula is C27H34O5. The number of esters is 2. The Balaban J connectivity index is 1.48. The lowest BCUT2D eigenvalue weighted by Gasteiger charge is -2.05. The number of ether oxygens (including phenoxy) is 3. The van der Waals surface area contributed by atoms with Gasteiger partial charge >= 0.3 is 11.9 Å². The number of rotatable bonds is 14. The second kappa shape index (κ2) is 14.8. The standard InChI is InChI=1S/C27H34O5/c1-3-31-26(28)23-15-13-22(14-16-23)12-10-8-6-4-5-7-9-11-21-32-27(29)24-17-19-25(30-2)20-18-24/h8,10,13-20H,3-7,9,11-12,21H2,1-2H3/b10-8+. The van der Waals surface area contributed by atoms with Crippen molar-refractivity contribution in [2.24, 2.45) is 0 Å². The molecule has 0 bridgehead atoms. The molecule has 0 aliphatic carbocycles. The Morgan fingerprint density at radius 1 is 0.750 bits per heavy atom. The highest BCUT2D eigenvalue weighted by Crippen LogP contribution is 2.13. The van der Waals surface area contributed by atoms with Crippen molar-refractivity contribution in [1.29, 1.82) is 0 Å². The van der Waals surface area contributed by atoms with Gasteiger partial charge in [-0.25, -0.2) is 9.59 Å². The van der Waals surface area contributed by atoms with Gasteiger partial charge in [-0.05, 0) is 74.6 Å². The van der Waals surface area contributed by atoms with E-state index >= 15 is 0 Å². The first-order chi connectivity index (χ1) is 15.6. The Labute approximate surface area is 191 Å². The summed E-state index contributed by atoms with van der Waals surface area (Å²) in [5.74, 6) is 0.166. The minimum Gasteiger partial charge on any atom is -0.497 e. The normalized spacial score (nSPS) is 10.8. The van der Waals surface area contributed by atoms with E-state index in [1.54, 1.807) is 38.3 Å². The average Bonchev–Trinajstić information content (AvgIpc) is 2.83. The number of carbonyl (C=O) groups excluding carboxylic acids is 2. The van der Waals surface area contributed by atoms with E-state index < -0.39 is 0 Å². The van der Waals surface area contributed by atoms with E-state index in [1.807, 2.05) is 24.3 Å². The summed E-state index contributed by atoms with van der Waals surface area (Å²) in [6.07, 6.45) is 11.7. The maximum Gasteiger partial charge on any atom is 0.338 e. The molecule has 2 aromatic rings. The number of hydrogen-bond donors (Lipinski definition) is 0. The molecule has 2 rings (SSSR count). The van der Waals surface area contributed by atoms with Crippen molar-refractivity contribution in [3.63, 3.8) is 0 Å². The van der Waals surface area contributed by atoms with Gasteiger partial charge in [0.1, 0.15) is 5.75 Å². The van der Waals surface area contributed by atoms with Gasteiger partial charge in [0.25, 0.3) is 0 Å². The SMILES string of the molecule is CCOC(=O)c1ccc(C/C=C/CCCCCCCOC(=O)c2ccc(OC)cc2)cc1. The first kappa shape index (κ1) is 25.2. The lowest BCUT2D eigenvalue weighted by Crippen LogP contribution is -2.06. The summed E-state index contributed by atoms with van der Waals surface area (Å²) in [5.41, 5.74) is 2.32. The minimum absolute atomic E-state index is 0.273. The molecule has 0 unspecified atom stereocenters. The third-order valence-electron chi connectivity index (χ3n) is 5.06. The van der Waals surface area contributed by atoms with E-state index in [0.29, 0.717) is 24.3 Å². The maximum atomic E-state index is 12.0. The molecule has 5 heteroatoms. The van der Waals surface area contributed by atoms with E-state index in [1.165, 1.54) is 12.0 Å². The van der Waals surface area contributed by atoms with E-state index in [-0.39, 0.29) is 11.9 Å². The number of hydrogen-bond acceptors (Lipinski definition) is 5. The smallest absolute Gasteiger partial charge is 0.338 e. The summed E-state index contributed by atoms with van der Waals surface area (Å²) in [6.45, 7) is 2.65. The highest BCUT2D eigenvalue weighted by atomic mass is 16.5. The second-order valence-electron chi connectivity index (χ2n) is 7.51. The van der Waals surface area contributed by atoms with Crippen LogP contribution >= 0.6 is 0 Å². The first-order valence-electron chi connectivity index (χ1n) is 11.4. The Kier molecular flexibility index (Phi) is 11.7. The molecule has 172 valence electrons. The zero-order chi connectivity index (χ0) is 23.0. The number of unbranched alkanes of at least 4 members (excludes halogenated alkanes) is 5. The van der Waals surface area contributed by atoms with Crippen molar-refractivity contribution >= 4 is 11.9 Å². The highest BCUT2D eigenvalue weighted by molar-refractivity contribution is 5.89. The van der Waals surface area contributed by atoms with Crippen LogP contribution in [0.1, 0.15) is 71.7 Å². The third-order valence-corrected chi connectivity index (χ3v) is 5.06. The minimum atomic E-state index is -0.284. The number of methoxy groups -OCH3 is 1. The van der Waals surface area contributed by atoms with Crippen LogP contribution in [0.4, 0.5) is 0 Å². The molecule has 0 saturated heterocycles. The Bertz CT molecular complexity index is 837. The van der Waals surface area contributed by atoms with Crippen LogP contribution in [0.5, 0.6) is 5.75 Å². The molecule has 5 nitrogen and oxygen atoms in total. The molecule has 0 fully saturated rings. The summed E-state index contributed by atoms with van der Waals surface area (Å²) < 4.78 is 15.4. The predicted octanol–water partition coefficient (Wildman–Crippen LogP) is 6.17. The van der Waals surface area contributed by atoms with Crippen LogP contribution in [-0.4, -0.2) is 32.3 Å². The molecular weight excluding hydrogens is 404 g/mol. The van der Waals surface area contributed by atoms with Gasteiger partial charge in [0.2, 0.25) is 0 Å². The maximum absolute atomic E-state index is 12.0. The number of allylic oxidation sites excluding steroid dienone is 2. The Morgan fingerprint density at radius 3 is 2.00 bits per heavy atom. The van der Waals surface area contributed by atoms with Crippen LogP contribution in [0.15, 0.2) is 60.7 Å². The quantitative estimate of drug-likeness (QED) is 0.201. The highest BCUT2D eigenvalue weighted by Gasteiger charge is 2.07. The molecule has 0 radical (unpaired) electrons. The van der Waals surface area contributed by atoms with Crippen LogP contribution < -0.4 is 4.74 Å². The average molecular weight is 439 g/mol. The van der Waals surface area contributed by atoms with Crippen molar-refractivity contribution in [3.05, 3.63) is 77.4 Å². The first-order valence-corrected chi connectivity index (χ1v) is 11.4. The molecule has 0 aliphatic heterocycles. The van der Waals surface area contributed by atoms with Crippen molar-refractivity contribution in [1.82, 2.24) is 0 Å². The van der Waals surface area contributed by atoms with Crippen LogP contribution in [0, 0.1) is 0 Å². The van der Waals surface area contributed by atoms with Crippen molar-refractivity contribution in [3.8, 4) is 5.75 Å². The lowest BCUT2D eigenvalue weighted by atomic mass is 10.1. The molecule has 0 N–H and O–H groups in total. The van der Waals surface area contributed by atoms with Gasteiger partial charge < -0.3 is 14.2 Å². The molecule has 0 atom stereocenters. The van der Waals surface area contributed by atoms with Crippen LogP contribution in [-0.2, 0) is 15.9 Å². The molecule has 0 aliphatic rings. The molecule has 0 saturated carbocycles. The molecule has 0 spiro atoms. The topological polar surface area (TPSA) is 61.8 Å².